The first-order valence-electron chi connectivity index (χ1n) is 6.58. The van der Waals surface area contributed by atoms with E-state index in [1.165, 1.54) is 4.31 Å². The van der Waals surface area contributed by atoms with Gasteiger partial charge in [-0.05, 0) is 17.5 Å². The van der Waals surface area contributed by atoms with E-state index in [1.807, 2.05) is 24.3 Å². The maximum absolute atomic E-state index is 12.3. The predicted molar refractivity (Wildman–Crippen MR) is 77.5 cm³/mol. The van der Waals surface area contributed by atoms with E-state index in [0.29, 0.717) is 31.9 Å². The molecule has 0 spiro atoms. The van der Waals surface area contributed by atoms with Crippen LogP contribution in [0.4, 0.5) is 5.69 Å². The number of nitrogens with zero attached hydrogens (tertiary/aromatic N) is 1. The number of piperazine rings is 1. The second-order valence-corrected chi connectivity index (χ2v) is 6.67. The van der Waals surface area contributed by atoms with Crippen molar-refractivity contribution in [1.29, 1.82) is 0 Å². The summed E-state index contributed by atoms with van der Waals surface area (Å²) in [6.45, 7) is 6.54. The van der Waals surface area contributed by atoms with Crippen LogP contribution in [0.1, 0.15) is 25.3 Å². The number of para-hydroxylation sites is 1. The van der Waals surface area contributed by atoms with Crippen LogP contribution in [0, 0.1) is 0 Å². The highest BCUT2D eigenvalue weighted by Crippen LogP contribution is 2.25. The lowest BCUT2D eigenvalue weighted by Crippen LogP contribution is -2.48. The van der Waals surface area contributed by atoms with Crippen LogP contribution >= 0.6 is 0 Å². The van der Waals surface area contributed by atoms with Gasteiger partial charge in [0.05, 0.1) is 5.69 Å². The van der Waals surface area contributed by atoms with Crippen molar-refractivity contribution < 1.29 is 8.42 Å². The molecule has 1 aromatic rings. The monoisotopic (exact) mass is 283 g/mol. The van der Waals surface area contributed by atoms with Crippen molar-refractivity contribution in [1.82, 2.24) is 9.62 Å². The zero-order chi connectivity index (χ0) is 13.9. The molecule has 0 amide bonds. The van der Waals surface area contributed by atoms with Crippen LogP contribution in [0.25, 0.3) is 0 Å². The summed E-state index contributed by atoms with van der Waals surface area (Å²) in [6, 6.07) is 7.55. The minimum atomic E-state index is -3.45. The van der Waals surface area contributed by atoms with Gasteiger partial charge in [-0.1, -0.05) is 32.0 Å². The van der Waals surface area contributed by atoms with Gasteiger partial charge in [0, 0.05) is 26.2 Å². The summed E-state index contributed by atoms with van der Waals surface area (Å²) in [4.78, 5) is 0. The zero-order valence-corrected chi connectivity index (χ0v) is 12.2. The second kappa shape index (κ2) is 5.90. The van der Waals surface area contributed by atoms with E-state index in [0.717, 1.165) is 5.56 Å². The molecule has 106 valence electrons. The van der Waals surface area contributed by atoms with E-state index in [9.17, 15) is 8.42 Å². The van der Waals surface area contributed by atoms with Gasteiger partial charge in [-0.15, -0.1) is 0 Å². The molecule has 0 aliphatic carbocycles. The topological polar surface area (TPSA) is 61.4 Å². The minimum absolute atomic E-state index is 0.280. The molecule has 0 bridgehead atoms. The molecule has 0 aromatic heterocycles. The molecule has 2 rings (SSSR count). The zero-order valence-electron chi connectivity index (χ0n) is 11.4. The van der Waals surface area contributed by atoms with Crippen molar-refractivity contribution in [3.05, 3.63) is 29.8 Å². The summed E-state index contributed by atoms with van der Waals surface area (Å²) < 4.78 is 28.8. The van der Waals surface area contributed by atoms with Gasteiger partial charge in [0.2, 0.25) is 0 Å². The van der Waals surface area contributed by atoms with Gasteiger partial charge in [0.15, 0.2) is 0 Å². The first kappa shape index (κ1) is 14.3. The Balaban J connectivity index is 2.20. The molecule has 1 aliphatic heterocycles. The normalized spacial score (nSPS) is 17.6. The molecule has 6 heteroatoms. The largest absolute Gasteiger partial charge is 0.314 e. The minimum Gasteiger partial charge on any atom is -0.314 e. The SMILES string of the molecule is CC(C)c1ccccc1NS(=O)(=O)N1CCNCC1. The lowest BCUT2D eigenvalue weighted by atomic mass is 10.0. The number of benzene rings is 1. The first-order valence-corrected chi connectivity index (χ1v) is 8.02. The van der Waals surface area contributed by atoms with Crippen molar-refractivity contribution >= 4 is 15.9 Å². The van der Waals surface area contributed by atoms with Gasteiger partial charge in [-0.2, -0.15) is 12.7 Å². The highest BCUT2D eigenvalue weighted by atomic mass is 32.2. The quantitative estimate of drug-likeness (QED) is 0.877. The number of rotatable bonds is 4. The molecule has 0 radical (unpaired) electrons. The van der Waals surface area contributed by atoms with Crippen LogP contribution in [0.3, 0.4) is 0 Å². The lowest BCUT2D eigenvalue weighted by molar-refractivity contribution is 0.362. The smallest absolute Gasteiger partial charge is 0.301 e. The van der Waals surface area contributed by atoms with Crippen molar-refractivity contribution in [3.63, 3.8) is 0 Å². The third-order valence-electron chi connectivity index (χ3n) is 3.24. The third-order valence-corrected chi connectivity index (χ3v) is 4.76. The summed E-state index contributed by atoms with van der Waals surface area (Å²) in [5, 5.41) is 3.15. The Labute approximate surface area is 115 Å². The van der Waals surface area contributed by atoms with Crippen molar-refractivity contribution in [2.24, 2.45) is 0 Å². The van der Waals surface area contributed by atoms with Crippen LogP contribution in [-0.2, 0) is 10.2 Å². The number of hydrogen-bond acceptors (Lipinski definition) is 3. The molecule has 1 heterocycles. The standard InChI is InChI=1S/C13H21N3O2S/c1-11(2)12-5-3-4-6-13(12)15-19(17,18)16-9-7-14-8-10-16/h3-6,11,14-15H,7-10H2,1-2H3. The van der Waals surface area contributed by atoms with Crippen molar-refractivity contribution in [2.45, 2.75) is 19.8 Å². The summed E-state index contributed by atoms with van der Waals surface area (Å²) in [7, 11) is -3.45. The van der Waals surface area contributed by atoms with Gasteiger partial charge in [0.1, 0.15) is 0 Å². The molecule has 1 aliphatic rings. The molecular weight excluding hydrogens is 262 g/mol. The summed E-state index contributed by atoms with van der Waals surface area (Å²) in [5.41, 5.74) is 1.69. The first-order chi connectivity index (χ1) is 9.00. The fourth-order valence-electron chi connectivity index (χ4n) is 2.18. The second-order valence-electron chi connectivity index (χ2n) is 5.00. The average molecular weight is 283 g/mol. The molecule has 0 atom stereocenters. The molecule has 5 nitrogen and oxygen atoms in total. The molecule has 2 N–H and O–H groups in total. The van der Waals surface area contributed by atoms with E-state index >= 15 is 0 Å². The van der Waals surface area contributed by atoms with Gasteiger partial charge >= 0.3 is 10.2 Å². The number of anilines is 1. The fraction of sp³-hybridized carbons (Fsp3) is 0.538. The third kappa shape index (κ3) is 3.46. The van der Waals surface area contributed by atoms with Crippen molar-refractivity contribution in [2.75, 3.05) is 30.9 Å². The molecule has 1 saturated heterocycles. The maximum atomic E-state index is 12.3. The van der Waals surface area contributed by atoms with Gasteiger partial charge in [-0.3, -0.25) is 4.72 Å². The van der Waals surface area contributed by atoms with Crippen molar-refractivity contribution in [3.8, 4) is 0 Å². The summed E-state index contributed by atoms with van der Waals surface area (Å²) in [6.07, 6.45) is 0. The molecular formula is C13H21N3O2S. The number of nitrogens with one attached hydrogen (secondary N) is 2. The van der Waals surface area contributed by atoms with Crippen LogP contribution in [0.5, 0.6) is 0 Å². The Morgan fingerprint density at radius 2 is 1.84 bits per heavy atom. The highest BCUT2D eigenvalue weighted by Gasteiger charge is 2.24. The van der Waals surface area contributed by atoms with E-state index < -0.39 is 10.2 Å². The maximum Gasteiger partial charge on any atom is 0.301 e. The molecule has 1 aromatic carbocycles. The van der Waals surface area contributed by atoms with E-state index in [-0.39, 0.29) is 5.92 Å². The van der Waals surface area contributed by atoms with E-state index in [2.05, 4.69) is 23.9 Å². The Morgan fingerprint density at radius 1 is 1.21 bits per heavy atom. The number of hydrogen-bond donors (Lipinski definition) is 2. The average Bonchev–Trinajstić information content (AvgIpc) is 2.39. The molecule has 0 saturated carbocycles. The van der Waals surface area contributed by atoms with Gasteiger partial charge in [-0.25, -0.2) is 0 Å². The van der Waals surface area contributed by atoms with Crippen LogP contribution in [0.15, 0.2) is 24.3 Å². The van der Waals surface area contributed by atoms with Gasteiger partial charge < -0.3 is 5.32 Å². The Hall–Kier alpha value is -1.11. The Morgan fingerprint density at radius 3 is 2.47 bits per heavy atom. The predicted octanol–water partition coefficient (Wildman–Crippen LogP) is 1.37. The highest BCUT2D eigenvalue weighted by molar-refractivity contribution is 7.90. The summed E-state index contributed by atoms with van der Waals surface area (Å²) in [5.74, 6) is 0.280. The Bertz CT molecular complexity index is 522. The molecule has 1 fully saturated rings. The van der Waals surface area contributed by atoms with Crippen LogP contribution in [-0.4, -0.2) is 38.9 Å². The lowest BCUT2D eigenvalue weighted by Gasteiger charge is -2.27. The van der Waals surface area contributed by atoms with E-state index in [4.69, 9.17) is 0 Å². The van der Waals surface area contributed by atoms with Crippen LogP contribution < -0.4 is 10.0 Å². The molecule has 0 unspecified atom stereocenters. The Kier molecular flexibility index (Phi) is 4.44. The van der Waals surface area contributed by atoms with Gasteiger partial charge in [0.25, 0.3) is 0 Å². The summed E-state index contributed by atoms with van der Waals surface area (Å²) >= 11 is 0. The van der Waals surface area contributed by atoms with E-state index in [1.54, 1.807) is 0 Å². The van der Waals surface area contributed by atoms with Crippen LogP contribution in [0.2, 0.25) is 0 Å². The fourth-order valence-corrected chi connectivity index (χ4v) is 3.44. The molecule has 19 heavy (non-hydrogen) atoms.